The summed E-state index contributed by atoms with van der Waals surface area (Å²) in [6, 6.07) is 9.76. The molecule has 3 N–H and O–H groups in total. The Kier molecular flexibility index (Phi) is 8.09. The first kappa shape index (κ1) is 23.2. The van der Waals surface area contributed by atoms with Crippen LogP contribution in [0.4, 0.5) is 5.69 Å². The minimum Gasteiger partial charge on any atom is -0.484 e. The van der Waals surface area contributed by atoms with E-state index in [4.69, 9.17) is 10.5 Å². The second-order valence-corrected chi connectivity index (χ2v) is 9.47. The van der Waals surface area contributed by atoms with Gasteiger partial charge in [-0.2, -0.15) is 0 Å². The van der Waals surface area contributed by atoms with E-state index in [-0.39, 0.29) is 29.1 Å². The van der Waals surface area contributed by atoms with Crippen LogP contribution < -0.4 is 20.1 Å². The van der Waals surface area contributed by atoms with Gasteiger partial charge in [0.1, 0.15) is 9.96 Å². The quantitative estimate of drug-likeness (QED) is 0.664. The van der Waals surface area contributed by atoms with Gasteiger partial charge in [-0.05, 0) is 49.6 Å². The molecule has 7 nitrogen and oxygen atoms in total. The topological polar surface area (TPSA) is 102 Å². The summed E-state index contributed by atoms with van der Waals surface area (Å²) in [5.41, 5.74) is 5.57. The Morgan fingerprint density at radius 3 is 2.41 bits per heavy atom. The second kappa shape index (κ2) is 9.41. The summed E-state index contributed by atoms with van der Waals surface area (Å²) in [4.78, 5) is 11.9. The molecule has 0 radical (unpaired) electrons. The van der Waals surface area contributed by atoms with Gasteiger partial charge < -0.3 is 15.8 Å². The number of rotatable bonds is 8. The minimum atomic E-state index is -3.58. The summed E-state index contributed by atoms with van der Waals surface area (Å²) < 4.78 is 31.9. The van der Waals surface area contributed by atoms with Crippen molar-refractivity contribution < 1.29 is 17.9 Å². The lowest BCUT2D eigenvalue weighted by Gasteiger charge is -2.24. The predicted octanol–water partition coefficient (Wildman–Crippen LogP) is 2.23. The molecule has 0 saturated carbocycles. The normalized spacial score (nSPS) is 11.4. The number of anilines is 1. The first-order valence-corrected chi connectivity index (χ1v) is 10.2. The molecule has 0 unspecified atom stereocenters. The van der Waals surface area contributed by atoms with E-state index < -0.39 is 15.6 Å². The number of hydrogen-bond donors (Lipinski definition) is 2. The lowest BCUT2D eigenvalue weighted by molar-refractivity contribution is -0.124. The number of ether oxygens (including phenoxy) is 1. The van der Waals surface area contributed by atoms with E-state index in [1.165, 1.54) is 22.7 Å². The van der Waals surface area contributed by atoms with E-state index in [2.05, 4.69) is 5.32 Å². The summed E-state index contributed by atoms with van der Waals surface area (Å²) in [5, 5.41) is 4.48. The van der Waals surface area contributed by atoms with Gasteiger partial charge in [-0.15, -0.1) is 23.7 Å². The highest BCUT2D eigenvalue weighted by Gasteiger charge is 2.22. The number of amides is 1. The number of thiophene rings is 1. The fourth-order valence-corrected chi connectivity index (χ4v) is 4.41. The molecule has 150 valence electrons. The Morgan fingerprint density at radius 2 is 1.89 bits per heavy atom. The Hall–Kier alpha value is -1.81. The maximum atomic E-state index is 12.5. The molecule has 0 bridgehead atoms. The Labute approximate surface area is 170 Å². The van der Waals surface area contributed by atoms with Crippen molar-refractivity contribution >= 4 is 45.4 Å². The average Bonchev–Trinajstić information content (AvgIpc) is 3.15. The zero-order valence-electron chi connectivity index (χ0n) is 15.3. The zero-order valence-corrected chi connectivity index (χ0v) is 17.8. The van der Waals surface area contributed by atoms with E-state index in [0.717, 1.165) is 0 Å². The molecule has 2 aromatic rings. The van der Waals surface area contributed by atoms with Gasteiger partial charge in [0.05, 0.1) is 5.69 Å². The maximum Gasteiger partial charge on any atom is 0.273 e. The van der Waals surface area contributed by atoms with E-state index in [1.54, 1.807) is 41.8 Å². The van der Waals surface area contributed by atoms with Crippen LogP contribution in [0, 0.1) is 0 Å². The van der Waals surface area contributed by atoms with Crippen LogP contribution in [0.25, 0.3) is 0 Å². The van der Waals surface area contributed by atoms with Crippen molar-refractivity contribution in [2.24, 2.45) is 5.73 Å². The first-order chi connectivity index (χ1) is 12.2. The Morgan fingerprint density at radius 1 is 1.26 bits per heavy atom. The van der Waals surface area contributed by atoms with Gasteiger partial charge in [0, 0.05) is 19.1 Å². The van der Waals surface area contributed by atoms with Crippen LogP contribution in [0.5, 0.6) is 5.75 Å². The van der Waals surface area contributed by atoms with Gasteiger partial charge in [-0.1, -0.05) is 6.07 Å². The lowest BCUT2D eigenvalue weighted by Crippen LogP contribution is -2.50. The van der Waals surface area contributed by atoms with Crippen LogP contribution in [-0.2, 0) is 14.8 Å². The fraction of sp³-hybridized carbons (Fsp3) is 0.353. The van der Waals surface area contributed by atoms with Crippen LogP contribution in [0.3, 0.4) is 0 Å². The van der Waals surface area contributed by atoms with Crippen molar-refractivity contribution in [3.63, 3.8) is 0 Å². The van der Waals surface area contributed by atoms with Crippen LogP contribution in [-0.4, -0.2) is 40.1 Å². The number of nitrogens with two attached hydrogens (primary N) is 1. The van der Waals surface area contributed by atoms with Crippen LogP contribution >= 0.6 is 23.7 Å². The Bertz CT molecular complexity index is 838. The monoisotopic (exact) mass is 433 g/mol. The molecule has 27 heavy (non-hydrogen) atoms. The molecule has 0 spiro atoms. The largest absolute Gasteiger partial charge is 0.484 e. The number of nitrogens with zero attached hydrogens (tertiary/aromatic N) is 1. The zero-order chi connectivity index (χ0) is 19.4. The molecule has 1 aromatic heterocycles. The molecule has 0 atom stereocenters. The third-order valence-corrected chi connectivity index (χ3v) is 6.83. The van der Waals surface area contributed by atoms with E-state index in [0.29, 0.717) is 18.0 Å². The molecule has 10 heteroatoms. The van der Waals surface area contributed by atoms with Crippen LogP contribution in [0.15, 0.2) is 46.0 Å². The number of benzene rings is 1. The van der Waals surface area contributed by atoms with Gasteiger partial charge in [0.15, 0.2) is 6.61 Å². The molecule has 0 saturated heterocycles. The van der Waals surface area contributed by atoms with Crippen molar-refractivity contribution in [1.29, 1.82) is 0 Å². The van der Waals surface area contributed by atoms with Gasteiger partial charge in [-0.25, -0.2) is 8.42 Å². The second-order valence-electron chi connectivity index (χ2n) is 6.32. The van der Waals surface area contributed by atoms with E-state index in [9.17, 15) is 13.2 Å². The summed E-state index contributed by atoms with van der Waals surface area (Å²) in [6.07, 6.45) is 0. The standard InChI is InChI=1S/C17H23N3O4S2.ClH/c1-17(2,12-18)19-15(21)11-24-14-8-6-13(7-9-14)20(3)26(22,23)16-5-4-10-25-16;/h4-10H,11-12,18H2,1-3H3,(H,19,21);1H. The number of sulfonamides is 1. The molecule has 0 fully saturated rings. The summed E-state index contributed by atoms with van der Waals surface area (Å²) >= 11 is 1.17. The molecule has 1 amide bonds. The van der Waals surface area contributed by atoms with Gasteiger partial charge in [0.25, 0.3) is 15.9 Å². The first-order valence-electron chi connectivity index (χ1n) is 7.92. The summed E-state index contributed by atoms with van der Waals surface area (Å²) in [7, 11) is -2.08. The maximum absolute atomic E-state index is 12.5. The number of carbonyl (C=O) groups is 1. The third-order valence-electron chi connectivity index (χ3n) is 3.67. The summed E-state index contributed by atoms with van der Waals surface area (Å²) in [5.74, 6) is 0.193. The number of nitrogens with one attached hydrogen (secondary N) is 1. The van der Waals surface area contributed by atoms with Crippen molar-refractivity contribution in [3.8, 4) is 5.75 Å². The number of halogens is 1. The molecule has 0 aliphatic carbocycles. The summed E-state index contributed by atoms with van der Waals surface area (Å²) in [6.45, 7) is 3.82. The van der Waals surface area contributed by atoms with Gasteiger partial charge in [-0.3, -0.25) is 9.10 Å². The lowest BCUT2D eigenvalue weighted by atomic mass is 10.1. The van der Waals surface area contributed by atoms with Crippen molar-refractivity contribution in [2.75, 3.05) is 24.5 Å². The smallest absolute Gasteiger partial charge is 0.273 e. The van der Waals surface area contributed by atoms with Gasteiger partial charge in [0.2, 0.25) is 0 Å². The SMILES string of the molecule is CN(c1ccc(OCC(=O)NC(C)(C)CN)cc1)S(=O)(=O)c1cccs1.Cl. The fourth-order valence-electron chi connectivity index (χ4n) is 2.05. The molecule has 2 rings (SSSR count). The van der Waals surface area contributed by atoms with E-state index >= 15 is 0 Å². The van der Waals surface area contributed by atoms with Crippen LogP contribution in [0.1, 0.15) is 13.8 Å². The molecule has 1 aromatic carbocycles. The highest BCUT2D eigenvalue weighted by Crippen LogP contribution is 2.26. The van der Waals surface area contributed by atoms with Crippen molar-refractivity contribution in [3.05, 3.63) is 41.8 Å². The highest BCUT2D eigenvalue weighted by atomic mass is 35.5. The average molecular weight is 434 g/mol. The molecular weight excluding hydrogens is 410 g/mol. The van der Waals surface area contributed by atoms with Crippen molar-refractivity contribution in [1.82, 2.24) is 5.32 Å². The number of hydrogen-bond acceptors (Lipinski definition) is 6. The molecular formula is C17H24ClN3O4S2. The molecule has 0 aliphatic heterocycles. The van der Waals surface area contributed by atoms with Crippen molar-refractivity contribution in [2.45, 2.75) is 23.6 Å². The molecule has 1 heterocycles. The minimum absolute atomic E-state index is 0. The predicted molar refractivity (Wildman–Crippen MR) is 110 cm³/mol. The van der Waals surface area contributed by atoms with Crippen LogP contribution in [0.2, 0.25) is 0 Å². The number of carbonyl (C=O) groups excluding carboxylic acids is 1. The highest BCUT2D eigenvalue weighted by molar-refractivity contribution is 7.94. The Balaban J connectivity index is 0.00000364. The molecule has 0 aliphatic rings. The third kappa shape index (κ3) is 6.10. The van der Waals surface area contributed by atoms with E-state index in [1.807, 2.05) is 13.8 Å². The van der Waals surface area contributed by atoms with Gasteiger partial charge >= 0.3 is 0 Å².